The Hall–Kier alpha value is -0.140. The Kier molecular flexibility index (Phi) is 1.14. The lowest BCUT2D eigenvalue weighted by atomic mass is 11.0. The number of rotatable bonds is 0. The van der Waals surface area contributed by atoms with Crippen molar-refractivity contribution in [2.75, 3.05) is 0 Å². The Balaban J connectivity index is 3.14. The summed E-state index contributed by atoms with van der Waals surface area (Å²) in [7, 11) is -7.51. The molecule has 0 bridgehead atoms. The first-order valence-electron chi connectivity index (χ1n) is 2.05. The lowest BCUT2D eigenvalue weighted by Crippen LogP contribution is -2.42. The third kappa shape index (κ3) is 0.846. The minimum atomic E-state index is -3.76. The van der Waals surface area contributed by atoms with Crippen LogP contribution in [-0.2, 0) is 23.9 Å². The van der Waals surface area contributed by atoms with E-state index in [2.05, 4.69) is 3.63 Å². The smallest absolute Gasteiger partial charge is 0.197 e. The van der Waals surface area contributed by atoms with Crippen molar-refractivity contribution in [2.45, 2.75) is 11.5 Å². The third-order valence-electron chi connectivity index (χ3n) is 1.00. The standard InChI is InChI=1S/C2H4O5S2/c1-2-8(3,4)7-9(2,5)6/h2H,1H3. The van der Waals surface area contributed by atoms with Gasteiger partial charge in [-0.2, -0.15) is 16.8 Å². The van der Waals surface area contributed by atoms with E-state index in [-0.39, 0.29) is 0 Å². The predicted octanol–water partition coefficient (Wildman–Crippen LogP) is -0.978. The van der Waals surface area contributed by atoms with Gasteiger partial charge in [-0.3, -0.25) is 0 Å². The van der Waals surface area contributed by atoms with Crippen LogP contribution >= 0.6 is 0 Å². The van der Waals surface area contributed by atoms with Gasteiger partial charge in [0.2, 0.25) is 4.58 Å². The maximum absolute atomic E-state index is 10.2. The molecule has 1 rings (SSSR count). The molecule has 0 unspecified atom stereocenters. The maximum Gasteiger partial charge on any atom is 0.301 e. The maximum atomic E-state index is 10.2. The molecule has 9 heavy (non-hydrogen) atoms. The van der Waals surface area contributed by atoms with E-state index < -0.39 is 24.8 Å². The molecular weight excluding hydrogens is 168 g/mol. The van der Waals surface area contributed by atoms with E-state index in [1.807, 2.05) is 0 Å². The van der Waals surface area contributed by atoms with Crippen molar-refractivity contribution in [3.8, 4) is 0 Å². The molecular formula is C2H4O5S2. The summed E-state index contributed by atoms with van der Waals surface area (Å²) < 4.78 is 43.1. The molecule has 0 aliphatic carbocycles. The molecule has 1 aliphatic heterocycles. The zero-order valence-electron chi connectivity index (χ0n) is 4.44. The van der Waals surface area contributed by atoms with E-state index in [0.29, 0.717) is 0 Å². The molecule has 0 atom stereocenters. The average molecular weight is 172 g/mol. The molecule has 0 aromatic heterocycles. The van der Waals surface area contributed by atoms with Crippen LogP contribution in [0.5, 0.6) is 0 Å². The summed E-state index contributed by atoms with van der Waals surface area (Å²) in [6.45, 7) is 1.06. The van der Waals surface area contributed by atoms with Crippen molar-refractivity contribution in [1.82, 2.24) is 0 Å². The Morgan fingerprint density at radius 1 is 1.11 bits per heavy atom. The highest BCUT2D eigenvalue weighted by molar-refractivity contribution is 8.17. The molecule has 0 aromatic rings. The molecule has 5 nitrogen and oxygen atoms in total. The van der Waals surface area contributed by atoms with Gasteiger partial charge in [0.1, 0.15) is 0 Å². The summed E-state index contributed by atoms with van der Waals surface area (Å²) in [4.78, 5) is 0. The highest BCUT2D eigenvalue weighted by Crippen LogP contribution is 2.26. The molecule has 7 heteroatoms. The molecule has 0 amide bonds. The SMILES string of the molecule is CC1S(=O)(=O)OS1(=O)=O. The summed E-state index contributed by atoms with van der Waals surface area (Å²) in [6.07, 6.45) is 0. The van der Waals surface area contributed by atoms with E-state index in [4.69, 9.17) is 0 Å². The summed E-state index contributed by atoms with van der Waals surface area (Å²) >= 11 is 0. The van der Waals surface area contributed by atoms with Crippen molar-refractivity contribution in [3.63, 3.8) is 0 Å². The fourth-order valence-electron chi connectivity index (χ4n) is 0.356. The van der Waals surface area contributed by atoms with Crippen LogP contribution in [0.1, 0.15) is 6.92 Å². The Labute approximate surface area is 52.9 Å². The minimum absolute atomic E-state index is 1.06. The zero-order valence-corrected chi connectivity index (χ0v) is 6.07. The first-order chi connectivity index (χ1) is 3.86. The lowest BCUT2D eigenvalue weighted by molar-refractivity contribution is 0.427. The zero-order chi connectivity index (χ0) is 7.28. The van der Waals surface area contributed by atoms with Crippen LogP contribution in [0, 0.1) is 0 Å². The summed E-state index contributed by atoms with van der Waals surface area (Å²) in [5.41, 5.74) is 0. The molecule has 0 aromatic carbocycles. The monoisotopic (exact) mass is 172 g/mol. The van der Waals surface area contributed by atoms with Crippen LogP contribution in [-0.4, -0.2) is 21.4 Å². The van der Waals surface area contributed by atoms with Gasteiger partial charge in [0.25, 0.3) is 0 Å². The second kappa shape index (κ2) is 1.47. The van der Waals surface area contributed by atoms with E-state index in [0.717, 1.165) is 6.92 Å². The molecule has 1 heterocycles. The first-order valence-corrected chi connectivity index (χ1v) is 4.99. The average Bonchev–Trinajstić information content (AvgIpc) is 1.63. The van der Waals surface area contributed by atoms with Gasteiger partial charge in [0.15, 0.2) is 0 Å². The molecule has 0 saturated carbocycles. The number of hydrogen-bond donors (Lipinski definition) is 0. The van der Waals surface area contributed by atoms with Gasteiger partial charge in [-0.05, 0) is 6.92 Å². The summed E-state index contributed by atoms with van der Waals surface area (Å²) in [5, 5.41) is 0. The van der Waals surface area contributed by atoms with Crippen LogP contribution in [0.15, 0.2) is 0 Å². The van der Waals surface area contributed by atoms with Crippen molar-refractivity contribution in [2.24, 2.45) is 0 Å². The highest BCUT2D eigenvalue weighted by atomic mass is 32.4. The summed E-state index contributed by atoms with van der Waals surface area (Å²) in [6, 6.07) is 0. The molecule has 1 aliphatic rings. The normalized spacial score (nSPS) is 31.2. The van der Waals surface area contributed by atoms with E-state index >= 15 is 0 Å². The largest absolute Gasteiger partial charge is 0.301 e. The van der Waals surface area contributed by atoms with E-state index in [1.165, 1.54) is 0 Å². The first kappa shape index (κ1) is 6.97. The topological polar surface area (TPSA) is 77.5 Å². The second-order valence-electron chi connectivity index (χ2n) is 1.62. The fourth-order valence-corrected chi connectivity index (χ4v) is 3.20. The quantitative estimate of drug-likeness (QED) is 0.469. The molecule has 0 radical (unpaired) electrons. The molecule has 54 valence electrons. The van der Waals surface area contributed by atoms with Gasteiger partial charge in [-0.25, -0.2) is 0 Å². The van der Waals surface area contributed by atoms with Crippen LogP contribution in [0.4, 0.5) is 0 Å². The Bertz CT molecular complexity index is 275. The van der Waals surface area contributed by atoms with Gasteiger partial charge in [0.05, 0.1) is 0 Å². The molecule has 1 saturated heterocycles. The van der Waals surface area contributed by atoms with Gasteiger partial charge in [-0.1, -0.05) is 0 Å². The van der Waals surface area contributed by atoms with Crippen molar-refractivity contribution >= 4 is 20.2 Å². The minimum Gasteiger partial charge on any atom is -0.197 e. The van der Waals surface area contributed by atoms with Crippen LogP contribution in [0.25, 0.3) is 0 Å². The molecule has 0 spiro atoms. The molecule has 0 N–H and O–H groups in total. The Morgan fingerprint density at radius 2 is 1.44 bits per heavy atom. The van der Waals surface area contributed by atoms with Crippen molar-refractivity contribution in [3.05, 3.63) is 0 Å². The van der Waals surface area contributed by atoms with Gasteiger partial charge < -0.3 is 0 Å². The van der Waals surface area contributed by atoms with E-state index in [1.54, 1.807) is 0 Å². The van der Waals surface area contributed by atoms with Gasteiger partial charge in [0, 0.05) is 0 Å². The molecule has 1 fully saturated rings. The van der Waals surface area contributed by atoms with Crippen LogP contribution in [0.3, 0.4) is 0 Å². The second-order valence-corrected chi connectivity index (χ2v) is 5.85. The van der Waals surface area contributed by atoms with Crippen LogP contribution in [0.2, 0.25) is 0 Å². The third-order valence-corrected chi connectivity index (χ3v) is 5.56. The number of hydrogen-bond acceptors (Lipinski definition) is 5. The van der Waals surface area contributed by atoms with E-state index in [9.17, 15) is 16.8 Å². The van der Waals surface area contributed by atoms with Crippen molar-refractivity contribution in [1.29, 1.82) is 0 Å². The fraction of sp³-hybridized carbons (Fsp3) is 1.00. The Morgan fingerprint density at radius 3 is 1.44 bits per heavy atom. The highest BCUT2D eigenvalue weighted by Gasteiger charge is 2.50. The predicted molar refractivity (Wildman–Crippen MR) is 28.4 cm³/mol. The lowest BCUT2D eigenvalue weighted by Gasteiger charge is -2.20. The summed E-state index contributed by atoms with van der Waals surface area (Å²) in [5.74, 6) is 0. The van der Waals surface area contributed by atoms with Crippen LogP contribution < -0.4 is 0 Å². The van der Waals surface area contributed by atoms with Gasteiger partial charge >= 0.3 is 20.2 Å². The van der Waals surface area contributed by atoms with Gasteiger partial charge in [-0.15, -0.1) is 3.63 Å². The van der Waals surface area contributed by atoms with Crippen molar-refractivity contribution < 1.29 is 20.5 Å².